The summed E-state index contributed by atoms with van der Waals surface area (Å²) in [5.74, 6) is 0.640. The van der Waals surface area contributed by atoms with Crippen molar-refractivity contribution in [2.24, 2.45) is 11.7 Å². The smallest absolute Gasteiger partial charge is 0.212 e. The lowest BCUT2D eigenvalue weighted by molar-refractivity contribution is 0.417. The molecule has 0 spiro atoms. The molecule has 16 heavy (non-hydrogen) atoms. The molecule has 0 radical (unpaired) electrons. The number of hydrogen-bond donors (Lipinski definition) is 1. The number of benzene rings is 1. The van der Waals surface area contributed by atoms with E-state index in [-0.39, 0.29) is 11.9 Å². The SMILES string of the molecule is CC(C)CC(N)c1nc2cc(F)ccc2o1. The molecule has 2 aromatic rings. The van der Waals surface area contributed by atoms with Crippen molar-refractivity contribution in [2.75, 3.05) is 0 Å². The molecule has 0 bridgehead atoms. The van der Waals surface area contributed by atoms with Crippen molar-refractivity contribution in [2.45, 2.75) is 26.3 Å². The number of hydrogen-bond acceptors (Lipinski definition) is 3. The quantitative estimate of drug-likeness (QED) is 0.868. The zero-order chi connectivity index (χ0) is 11.7. The predicted molar refractivity (Wildman–Crippen MR) is 60.4 cm³/mol. The topological polar surface area (TPSA) is 52.0 Å². The number of fused-ring (bicyclic) bond motifs is 1. The number of rotatable bonds is 3. The zero-order valence-electron chi connectivity index (χ0n) is 9.40. The van der Waals surface area contributed by atoms with Crippen LogP contribution < -0.4 is 5.73 Å². The van der Waals surface area contributed by atoms with Crippen LogP contribution in [0.15, 0.2) is 22.6 Å². The first-order valence-electron chi connectivity index (χ1n) is 5.38. The van der Waals surface area contributed by atoms with Crippen LogP contribution in [-0.4, -0.2) is 4.98 Å². The van der Waals surface area contributed by atoms with E-state index in [0.29, 0.717) is 22.9 Å². The fourth-order valence-electron chi connectivity index (χ4n) is 1.69. The van der Waals surface area contributed by atoms with Gasteiger partial charge in [0.1, 0.15) is 11.3 Å². The van der Waals surface area contributed by atoms with Gasteiger partial charge < -0.3 is 10.2 Å². The van der Waals surface area contributed by atoms with E-state index in [1.54, 1.807) is 6.07 Å². The summed E-state index contributed by atoms with van der Waals surface area (Å²) in [6, 6.07) is 4.05. The molecule has 0 fully saturated rings. The minimum Gasteiger partial charge on any atom is -0.439 e. The summed E-state index contributed by atoms with van der Waals surface area (Å²) in [5, 5.41) is 0. The molecule has 0 amide bonds. The van der Waals surface area contributed by atoms with E-state index in [1.165, 1.54) is 12.1 Å². The van der Waals surface area contributed by atoms with Crippen LogP contribution in [0.2, 0.25) is 0 Å². The Kier molecular flexibility index (Phi) is 2.92. The number of nitrogens with two attached hydrogens (primary N) is 1. The van der Waals surface area contributed by atoms with Crippen molar-refractivity contribution in [3.63, 3.8) is 0 Å². The van der Waals surface area contributed by atoms with Gasteiger partial charge in [-0.3, -0.25) is 0 Å². The molecular formula is C12H15FN2O. The van der Waals surface area contributed by atoms with E-state index in [4.69, 9.17) is 10.2 Å². The van der Waals surface area contributed by atoms with Crippen LogP contribution >= 0.6 is 0 Å². The number of nitrogens with zero attached hydrogens (tertiary/aromatic N) is 1. The van der Waals surface area contributed by atoms with Crippen LogP contribution in [0.5, 0.6) is 0 Å². The molecule has 2 N–H and O–H groups in total. The molecule has 0 saturated carbocycles. The third-order valence-electron chi connectivity index (χ3n) is 2.41. The van der Waals surface area contributed by atoms with Crippen molar-refractivity contribution < 1.29 is 8.81 Å². The molecule has 1 atom stereocenters. The van der Waals surface area contributed by atoms with E-state index in [1.807, 2.05) is 0 Å². The molecule has 1 unspecified atom stereocenters. The molecule has 3 nitrogen and oxygen atoms in total. The molecule has 0 saturated heterocycles. The van der Waals surface area contributed by atoms with E-state index >= 15 is 0 Å². The minimum absolute atomic E-state index is 0.226. The lowest BCUT2D eigenvalue weighted by Crippen LogP contribution is -2.13. The van der Waals surface area contributed by atoms with Gasteiger partial charge in [0.2, 0.25) is 5.89 Å². The summed E-state index contributed by atoms with van der Waals surface area (Å²) >= 11 is 0. The van der Waals surface area contributed by atoms with Crippen molar-refractivity contribution in [1.82, 2.24) is 4.98 Å². The number of oxazole rings is 1. The Bertz CT molecular complexity index is 493. The normalized spacial score (nSPS) is 13.6. The summed E-state index contributed by atoms with van der Waals surface area (Å²) in [4.78, 5) is 4.19. The van der Waals surface area contributed by atoms with E-state index < -0.39 is 0 Å². The van der Waals surface area contributed by atoms with Gasteiger partial charge in [-0.25, -0.2) is 9.37 Å². The molecule has 1 aromatic carbocycles. The van der Waals surface area contributed by atoms with Crippen molar-refractivity contribution in [1.29, 1.82) is 0 Å². The Morgan fingerprint density at radius 1 is 1.44 bits per heavy atom. The maximum Gasteiger partial charge on any atom is 0.212 e. The average molecular weight is 222 g/mol. The summed E-state index contributed by atoms with van der Waals surface area (Å²) < 4.78 is 18.4. The average Bonchev–Trinajstić information content (AvgIpc) is 2.59. The Balaban J connectivity index is 2.32. The lowest BCUT2D eigenvalue weighted by Gasteiger charge is -2.09. The van der Waals surface area contributed by atoms with Gasteiger partial charge in [0, 0.05) is 6.07 Å². The molecule has 1 aromatic heterocycles. The zero-order valence-corrected chi connectivity index (χ0v) is 9.40. The van der Waals surface area contributed by atoms with Crippen LogP contribution in [0.3, 0.4) is 0 Å². The molecule has 2 rings (SSSR count). The Labute approximate surface area is 93.5 Å². The van der Waals surface area contributed by atoms with Crippen LogP contribution in [0, 0.1) is 11.7 Å². The molecule has 4 heteroatoms. The molecule has 1 heterocycles. The minimum atomic E-state index is -0.315. The Hall–Kier alpha value is -1.42. The standard InChI is InChI=1S/C12H15FN2O/c1-7(2)5-9(14)12-15-10-6-8(13)3-4-11(10)16-12/h3-4,6-7,9H,5,14H2,1-2H3. The van der Waals surface area contributed by atoms with Crippen LogP contribution in [0.1, 0.15) is 32.2 Å². The van der Waals surface area contributed by atoms with Crippen molar-refractivity contribution in [3.05, 3.63) is 29.9 Å². The van der Waals surface area contributed by atoms with Crippen molar-refractivity contribution in [3.8, 4) is 0 Å². The monoisotopic (exact) mass is 222 g/mol. The molecular weight excluding hydrogens is 207 g/mol. The Morgan fingerprint density at radius 3 is 2.88 bits per heavy atom. The molecule has 0 aliphatic rings. The first kappa shape index (κ1) is 11.1. The molecule has 0 aliphatic heterocycles. The number of halogens is 1. The second-order valence-corrected chi connectivity index (χ2v) is 4.40. The van der Waals surface area contributed by atoms with Crippen molar-refractivity contribution >= 4 is 11.1 Å². The van der Waals surface area contributed by atoms with Crippen LogP contribution in [0.25, 0.3) is 11.1 Å². The summed E-state index contributed by atoms with van der Waals surface area (Å²) in [7, 11) is 0. The largest absolute Gasteiger partial charge is 0.439 e. The van der Waals surface area contributed by atoms with E-state index in [0.717, 1.165) is 6.42 Å². The van der Waals surface area contributed by atoms with E-state index in [2.05, 4.69) is 18.8 Å². The summed E-state index contributed by atoms with van der Waals surface area (Å²) in [6.07, 6.45) is 0.801. The maximum absolute atomic E-state index is 12.9. The summed E-state index contributed by atoms with van der Waals surface area (Å²) in [6.45, 7) is 4.17. The van der Waals surface area contributed by atoms with Crippen LogP contribution in [0.4, 0.5) is 4.39 Å². The molecule has 86 valence electrons. The third kappa shape index (κ3) is 2.22. The predicted octanol–water partition coefficient (Wildman–Crippen LogP) is 3.01. The van der Waals surface area contributed by atoms with Gasteiger partial charge in [0.15, 0.2) is 5.58 Å². The van der Waals surface area contributed by atoms with Gasteiger partial charge in [0.25, 0.3) is 0 Å². The first-order chi connectivity index (χ1) is 7.56. The summed E-state index contributed by atoms with van der Waals surface area (Å²) in [5.41, 5.74) is 7.05. The van der Waals surface area contributed by atoms with Gasteiger partial charge in [-0.1, -0.05) is 13.8 Å². The highest BCUT2D eigenvalue weighted by molar-refractivity contribution is 5.72. The maximum atomic E-state index is 12.9. The highest BCUT2D eigenvalue weighted by Crippen LogP contribution is 2.23. The van der Waals surface area contributed by atoms with E-state index in [9.17, 15) is 4.39 Å². The second kappa shape index (κ2) is 4.22. The fraction of sp³-hybridized carbons (Fsp3) is 0.417. The van der Waals surface area contributed by atoms with Gasteiger partial charge in [-0.05, 0) is 24.5 Å². The van der Waals surface area contributed by atoms with Gasteiger partial charge in [-0.15, -0.1) is 0 Å². The molecule has 0 aliphatic carbocycles. The highest BCUT2D eigenvalue weighted by atomic mass is 19.1. The van der Waals surface area contributed by atoms with Gasteiger partial charge in [0.05, 0.1) is 6.04 Å². The fourth-order valence-corrected chi connectivity index (χ4v) is 1.69. The second-order valence-electron chi connectivity index (χ2n) is 4.40. The Morgan fingerprint density at radius 2 is 2.19 bits per heavy atom. The number of aromatic nitrogens is 1. The third-order valence-corrected chi connectivity index (χ3v) is 2.41. The highest BCUT2D eigenvalue weighted by Gasteiger charge is 2.15. The van der Waals surface area contributed by atoms with Crippen LogP contribution in [-0.2, 0) is 0 Å². The van der Waals surface area contributed by atoms with Gasteiger partial charge >= 0.3 is 0 Å². The first-order valence-corrected chi connectivity index (χ1v) is 5.38. The van der Waals surface area contributed by atoms with Gasteiger partial charge in [-0.2, -0.15) is 0 Å². The lowest BCUT2D eigenvalue weighted by atomic mass is 10.0.